The smallest absolute Gasteiger partial charge is 0.353 e. The average Bonchev–Trinajstić information content (AvgIpc) is 2.17. The summed E-state index contributed by atoms with van der Waals surface area (Å²) in [6.07, 6.45) is 3.17. The van der Waals surface area contributed by atoms with Gasteiger partial charge in [0.2, 0.25) is 0 Å². The highest BCUT2D eigenvalue weighted by atomic mass is 32.3. The molecule has 0 saturated carbocycles. The van der Waals surface area contributed by atoms with Crippen LogP contribution in [0.25, 0.3) is 0 Å². The van der Waals surface area contributed by atoms with Crippen LogP contribution in [0.1, 0.15) is 19.3 Å². The van der Waals surface area contributed by atoms with E-state index in [0.29, 0.717) is 4.32 Å². The standard InChI is InChI=1S/C9H17NO2S2/c1-10(2)8(13)14(9(11)12)6-4-3-5-7-14/h3-7H2,1-2H3,(H,11,12). The van der Waals surface area contributed by atoms with Crippen molar-refractivity contribution in [2.75, 3.05) is 25.6 Å². The van der Waals surface area contributed by atoms with Gasteiger partial charge in [-0.3, -0.25) is 0 Å². The lowest BCUT2D eigenvalue weighted by Crippen LogP contribution is -2.35. The van der Waals surface area contributed by atoms with Gasteiger partial charge in [-0.2, -0.15) is 0 Å². The van der Waals surface area contributed by atoms with E-state index in [9.17, 15) is 9.90 Å². The van der Waals surface area contributed by atoms with E-state index in [1.165, 1.54) is 0 Å². The van der Waals surface area contributed by atoms with E-state index in [4.69, 9.17) is 12.2 Å². The van der Waals surface area contributed by atoms with Crippen molar-refractivity contribution in [2.45, 2.75) is 19.3 Å². The summed E-state index contributed by atoms with van der Waals surface area (Å²) in [6, 6.07) is 0. The minimum absolute atomic E-state index is 0.657. The molecule has 0 bridgehead atoms. The number of hydrogen-bond donors (Lipinski definition) is 1. The molecule has 1 saturated heterocycles. The molecule has 0 radical (unpaired) electrons. The fourth-order valence-corrected chi connectivity index (χ4v) is 5.61. The van der Waals surface area contributed by atoms with Gasteiger partial charge in [-0.1, -0.05) is 28.7 Å². The summed E-state index contributed by atoms with van der Waals surface area (Å²) in [7, 11) is 1.97. The molecule has 0 aliphatic carbocycles. The fraction of sp³-hybridized carbons (Fsp3) is 0.778. The molecule has 0 aromatic rings. The summed E-state index contributed by atoms with van der Waals surface area (Å²) in [5.74, 6) is 1.55. The highest BCUT2D eigenvalue weighted by molar-refractivity contribution is 8.58. The van der Waals surface area contributed by atoms with Gasteiger partial charge in [0.05, 0.1) is 0 Å². The Balaban J connectivity index is 2.91. The van der Waals surface area contributed by atoms with Crippen LogP contribution in [0.5, 0.6) is 0 Å². The zero-order valence-electron chi connectivity index (χ0n) is 8.65. The van der Waals surface area contributed by atoms with Gasteiger partial charge in [0, 0.05) is 14.1 Å². The maximum Gasteiger partial charge on any atom is 0.353 e. The molecule has 0 amide bonds. The molecule has 1 aliphatic rings. The van der Waals surface area contributed by atoms with Crippen LogP contribution in [-0.4, -0.2) is 45.2 Å². The van der Waals surface area contributed by atoms with Gasteiger partial charge < -0.3 is 10.0 Å². The van der Waals surface area contributed by atoms with Crippen LogP contribution in [0.2, 0.25) is 0 Å². The molecule has 0 aromatic heterocycles. The van der Waals surface area contributed by atoms with Crippen molar-refractivity contribution in [3.05, 3.63) is 0 Å². The molecular weight excluding hydrogens is 218 g/mol. The predicted octanol–water partition coefficient (Wildman–Crippen LogP) is 2.50. The molecule has 1 fully saturated rings. The van der Waals surface area contributed by atoms with Gasteiger partial charge in [0.25, 0.3) is 0 Å². The topological polar surface area (TPSA) is 40.5 Å². The molecule has 0 aromatic carbocycles. The normalized spacial score (nSPS) is 22.4. The summed E-state index contributed by atoms with van der Waals surface area (Å²) in [5, 5.41) is 8.66. The van der Waals surface area contributed by atoms with Gasteiger partial charge in [-0.25, -0.2) is 4.79 Å². The highest BCUT2D eigenvalue weighted by Crippen LogP contribution is 2.54. The van der Waals surface area contributed by atoms with E-state index >= 15 is 0 Å². The Kier molecular flexibility index (Phi) is 3.78. The van der Waals surface area contributed by atoms with Crippen LogP contribution < -0.4 is 0 Å². The second-order valence-corrected chi connectivity index (χ2v) is 7.74. The quantitative estimate of drug-likeness (QED) is 0.655. The van der Waals surface area contributed by atoms with Gasteiger partial charge in [0.15, 0.2) is 0 Å². The first-order valence-electron chi connectivity index (χ1n) is 4.74. The number of nitrogens with zero attached hydrogens (tertiary/aromatic N) is 1. The summed E-state index contributed by atoms with van der Waals surface area (Å²) >= 11 is 5.27. The first-order chi connectivity index (χ1) is 6.50. The van der Waals surface area contributed by atoms with E-state index in [-0.39, 0.29) is 0 Å². The van der Waals surface area contributed by atoms with Crippen molar-refractivity contribution in [2.24, 2.45) is 0 Å². The Hall–Kier alpha value is -0.290. The molecule has 0 unspecified atom stereocenters. The largest absolute Gasteiger partial charge is 0.474 e. The van der Waals surface area contributed by atoms with Crippen LogP contribution in [-0.2, 0) is 0 Å². The minimum Gasteiger partial charge on any atom is -0.474 e. The van der Waals surface area contributed by atoms with Crippen LogP contribution >= 0.6 is 22.2 Å². The van der Waals surface area contributed by atoms with Gasteiger partial charge in [-0.15, -0.1) is 0 Å². The first kappa shape index (κ1) is 11.8. The van der Waals surface area contributed by atoms with Crippen molar-refractivity contribution < 1.29 is 9.90 Å². The molecule has 0 atom stereocenters. The van der Waals surface area contributed by atoms with E-state index in [1.807, 2.05) is 14.1 Å². The van der Waals surface area contributed by atoms with Gasteiger partial charge in [-0.05, 0) is 24.3 Å². The van der Waals surface area contributed by atoms with Crippen LogP contribution in [0.4, 0.5) is 4.79 Å². The maximum atomic E-state index is 11.3. The number of rotatable bonds is 0. The van der Waals surface area contributed by atoms with E-state index in [1.54, 1.807) is 4.90 Å². The van der Waals surface area contributed by atoms with E-state index < -0.39 is 15.3 Å². The highest BCUT2D eigenvalue weighted by Gasteiger charge is 2.38. The van der Waals surface area contributed by atoms with Crippen molar-refractivity contribution in [3.8, 4) is 0 Å². The average molecular weight is 235 g/mol. The summed E-state index contributed by atoms with van der Waals surface area (Å²) in [6.45, 7) is 0. The van der Waals surface area contributed by atoms with Crippen molar-refractivity contribution >= 4 is 31.9 Å². The minimum atomic E-state index is -1.72. The molecule has 1 heterocycles. The molecule has 0 spiro atoms. The number of thiocarbonyl (C=S) groups is 1. The Labute approximate surface area is 91.8 Å². The molecule has 3 nitrogen and oxygen atoms in total. The zero-order chi connectivity index (χ0) is 10.8. The number of carboxylic acid groups (broad SMARTS) is 1. The molecule has 1 aliphatic heterocycles. The summed E-state index contributed by atoms with van der Waals surface area (Å²) in [5.41, 5.74) is 0. The molecule has 14 heavy (non-hydrogen) atoms. The lowest BCUT2D eigenvalue weighted by molar-refractivity contribution is 0.221. The maximum absolute atomic E-state index is 11.3. The van der Waals surface area contributed by atoms with Crippen molar-refractivity contribution in [3.63, 3.8) is 0 Å². The SMILES string of the molecule is CN(C)C(=S)S1(C(=O)O)CCCCC1. The first-order valence-corrected chi connectivity index (χ1v) is 7.11. The molecular formula is C9H17NO2S2. The number of carbonyl (C=O) groups is 1. The Morgan fingerprint density at radius 2 is 1.79 bits per heavy atom. The summed E-state index contributed by atoms with van der Waals surface area (Å²) in [4.78, 5) is 13.1. The Morgan fingerprint density at radius 3 is 2.14 bits per heavy atom. The van der Waals surface area contributed by atoms with Gasteiger partial charge >= 0.3 is 5.30 Å². The van der Waals surface area contributed by atoms with Crippen LogP contribution in [0, 0.1) is 0 Å². The second-order valence-electron chi connectivity index (χ2n) is 3.78. The lowest BCUT2D eigenvalue weighted by atomic mass is 10.3. The van der Waals surface area contributed by atoms with E-state index in [2.05, 4.69) is 0 Å². The molecule has 82 valence electrons. The third-order valence-corrected chi connectivity index (χ3v) is 7.51. The fourth-order valence-electron chi connectivity index (χ4n) is 1.75. The lowest BCUT2D eigenvalue weighted by Gasteiger charge is -2.41. The van der Waals surface area contributed by atoms with Crippen LogP contribution in [0.15, 0.2) is 0 Å². The Morgan fingerprint density at radius 1 is 1.29 bits per heavy atom. The molecule has 1 rings (SSSR count). The predicted molar refractivity (Wildman–Crippen MR) is 65.5 cm³/mol. The van der Waals surface area contributed by atoms with Crippen molar-refractivity contribution in [1.82, 2.24) is 4.90 Å². The number of hydrogen-bond acceptors (Lipinski definition) is 2. The van der Waals surface area contributed by atoms with Crippen molar-refractivity contribution in [1.29, 1.82) is 0 Å². The van der Waals surface area contributed by atoms with Crippen LogP contribution in [0.3, 0.4) is 0 Å². The Bertz CT molecular complexity index is 247. The second kappa shape index (κ2) is 4.49. The third-order valence-electron chi connectivity index (χ3n) is 2.52. The van der Waals surface area contributed by atoms with Gasteiger partial charge in [0.1, 0.15) is 4.32 Å². The monoisotopic (exact) mass is 235 g/mol. The zero-order valence-corrected chi connectivity index (χ0v) is 10.3. The molecule has 5 heteroatoms. The summed E-state index contributed by atoms with van der Waals surface area (Å²) < 4.78 is 0.657. The third kappa shape index (κ3) is 2.03. The molecule has 1 N–H and O–H groups in total. The van der Waals surface area contributed by atoms with E-state index in [0.717, 1.165) is 30.8 Å².